The predicted octanol–water partition coefficient (Wildman–Crippen LogP) is 5.48. The number of hydrogen-bond donors (Lipinski definition) is 0. The SMILES string of the molecule is O=C(C1=CC2C3C(=O)N(c4ccc(Br)cc4)C(=O)C3C(C(=O)c3ccc(Cl)cc3)N2C=C1)c1ccccc1. The molecule has 6 nitrogen and oxygen atoms in total. The first-order valence-electron chi connectivity index (χ1n) is 12.1. The van der Waals surface area contributed by atoms with Gasteiger partial charge in [0, 0.05) is 32.4 Å². The van der Waals surface area contributed by atoms with Crippen molar-refractivity contribution in [1.29, 1.82) is 0 Å². The lowest BCUT2D eigenvalue weighted by Crippen LogP contribution is -2.46. The van der Waals surface area contributed by atoms with Crippen molar-refractivity contribution in [2.75, 3.05) is 4.90 Å². The van der Waals surface area contributed by atoms with E-state index in [9.17, 15) is 19.2 Å². The van der Waals surface area contributed by atoms with Crippen LogP contribution in [-0.4, -0.2) is 40.4 Å². The highest BCUT2D eigenvalue weighted by molar-refractivity contribution is 9.10. The summed E-state index contributed by atoms with van der Waals surface area (Å²) < 4.78 is 0.812. The van der Waals surface area contributed by atoms with Gasteiger partial charge in [0.05, 0.1) is 23.6 Å². The average Bonchev–Trinajstić information content (AvgIpc) is 3.41. The summed E-state index contributed by atoms with van der Waals surface area (Å²) in [5.41, 5.74) is 1.77. The number of Topliss-reactive ketones (excluding diaryl/α,β-unsaturated/α-hetero) is 2. The van der Waals surface area contributed by atoms with Crippen LogP contribution in [0.3, 0.4) is 0 Å². The molecule has 3 aliphatic heterocycles. The highest BCUT2D eigenvalue weighted by Gasteiger charge is 2.63. The maximum absolute atomic E-state index is 13.8. The Morgan fingerprint density at radius 2 is 1.45 bits per heavy atom. The molecule has 0 radical (unpaired) electrons. The van der Waals surface area contributed by atoms with Gasteiger partial charge in [0.1, 0.15) is 6.04 Å². The summed E-state index contributed by atoms with van der Waals surface area (Å²) in [4.78, 5) is 57.7. The maximum Gasteiger partial charge on any atom is 0.240 e. The Kier molecular flexibility index (Phi) is 6.13. The van der Waals surface area contributed by atoms with Crippen LogP contribution in [0.5, 0.6) is 0 Å². The lowest BCUT2D eigenvalue weighted by Gasteiger charge is -2.32. The van der Waals surface area contributed by atoms with Crippen molar-refractivity contribution >= 4 is 56.6 Å². The molecule has 2 fully saturated rings. The molecule has 3 aromatic carbocycles. The molecule has 4 unspecified atom stereocenters. The number of allylic oxidation sites excluding steroid dienone is 2. The number of amides is 2. The van der Waals surface area contributed by atoms with E-state index in [0.717, 1.165) is 4.47 Å². The lowest BCUT2D eigenvalue weighted by molar-refractivity contribution is -0.123. The number of fused-ring (bicyclic) bond motifs is 3. The molecule has 3 heterocycles. The summed E-state index contributed by atoms with van der Waals surface area (Å²) in [7, 11) is 0. The summed E-state index contributed by atoms with van der Waals surface area (Å²) in [6.45, 7) is 0. The molecule has 2 saturated heterocycles. The largest absolute Gasteiger partial charge is 0.359 e. The van der Waals surface area contributed by atoms with Crippen molar-refractivity contribution in [3.63, 3.8) is 0 Å². The molecule has 0 N–H and O–H groups in total. The Morgan fingerprint density at radius 3 is 2.13 bits per heavy atom. The van der Waals surface area contributed by atoms with Gasteiger partial charge in [-0.15, -0.1) is 0 Å². The molecule has 8 heteroatoms. The molecule has 0 aliphatic carbocycles. The summed E-state index contributed by atoms with van der Waals surface area (Å²) >= 11 is 9.41. The van der Waals surface area contributed by atoms with Crippen LogP contribution in [0.4, 0.5) is 5.69 Å². The molecular weight excluding hydrogens is 568 g/mol. The Morgan fingerprint density at radius 1 is 0.789 bits per heavy atom. The molecule has 4 atom stereocenters. The second-order valence-electron chi connectivity index (χ2n) is 9.43. The Hall–Kier alpha value is -3.81. The van der Waals surface area contributed by atoms with E-state index in [1.54, 1.807) is 96.0 Å². The summed E-state index contributed by atoms with van der Waals surface area (Å²) in [6.07, 6.45) is 5.04. The minimum atomic E-state index is -0.913. The Labute approximate surface area is 232 Å². The highest BCUT2D eigenvalue weighted by atomic mass is 79.9. The van der Waals surface area contributed by atoms with Crippen LogP contribution in [0.1, 0.15) is 20.7 Å². The number of halogens is 2. The van der Waals surface area contributed by atoms with Gasteiger partial charge < -0.3 is 4.90 Å². The van der Waals surface area contributed by atoms with Crippen LogP contribution >= 0.6 is 27.5 Å². The first-order chi connectivity index (χ1) is 18.3. The van der Waals surface area contributed by atoms with Crippen molar-refractivity contribution in [3.8, 4) is 0 Å². The van der Waals surface area contributed by atoms with Crippen LogP contribution in [0.25, 0.3) is 0 Å². The lowest BCUT2D eigenvalue weighted by atomic mass is 9.85. The number of anilines is 1. The first-order valence-corrected chi connectivity index (χ1v) is 13.2. The van der Waals surface area contributed by atoms with Crippen molar-refractivity contribution in [1.82, 2.24) is 4.90 Å². The van der Waals surface area contributed by atoms with Crippen molar-refractivity contribution < 1.29 is 19.2 Å². The van der Waals surface area contributed by atoms with E-state index in [1.807, 2.05) is 6.07 Å². The fraction of sp³-hybridized carbons (Fsp3) is 0.133. The fourth-order valence-corrected chi connectivity index (χ4v) is 5.97. The smallest absolute Gasteiger partial charge is 0.240 e. The van der Waals surface area contributed by atoms with Gasteiger partial charge in [0.25, 0.3) is 0 Å². The van der Waals surface area contributed by atoms with E-state index in [0.29, 0.717) is 27.4 Å². The zero-order valence-corrected chi connectivity index (χ0v) is 22.2. The molecule has 0 bridgehead atoms. The minimum absolute atomic E-state index is 0.188. The van der Waals surface area contributed by atoms with Crippen molar-refractivity contribution in [3.05, 3.63) is 123 Å². The number of nitrogens with zero attached hydrogens (tertiary/aromatic N) is 2. The Bertz CT molecular complexity index is 1530. The third-order valence-corrected chi connectivity index (χ3v) is 8.11. The molecule has 6 rings (SSSR count). The van der Waals surface area contributed by atoms with E-state index >= 15 is 0 Å². The molecular formula is C30H20BrClN2O4. The van der Waals surface area contributed by atoms with Crippen LogP contribution in [-0.2, 0) is 9.59 Å². The van der Waals surface area contributed by atoms with E-state index in [1.165, 1.54) is 4.90 Å². The number of benzene rings is 3. The topological polar surface area (TPSA) is 74.8 Å². The molecule has 3 aromatic rings. The summed E-state index contributed by atoms with van der Waals surface area (Å²) in [5.74, 6) is -3.02. The normalized spacial score (nSPS) is 23.8. The van der Waals surface area contributed by atoms with Gasteiger partial charge in [0.2, 0.25) is 11.8 Å². The third kappa shape index (κ3) is 3.94. The van der Waals surface area contributed by atoms with Gasteiger partial charge in [-0.25, -0.2) is 4.90 Å². The molecule has 0 spiro atoms. The predicted molar refractivity (Wildman–Crippen MR) is 147 cm³/mol. The second kappa shape index (κ2) is 9.49. The summed E-state index contributed by atoms with van der Waals surface area (Å²) in [6, 6.07) is 20.7. The quantitative estimate of drug-likeness (QED) is 0.292. The number of carbonyl (C=O) groups excluding carboxylic acids is 4. The minimum Gasteiger partial charge on any atom is -0.359 e. The maximum atomic E-state index is 13.8. The third-order valence-electron chi connectivity index (χ3n) is 7.33. The van der Waals surface area contributed by atoms with Gasteiger partial charge in [-0.2, -0.15) is 0 Å². The van der Waals surface area contributed by atoms with Gasteiger partial charge in [-0.3, -0.25) is 19.2 Å². The fourth-order valence-electron chi connectivity index (χ4n) is 5.58. The second-order valence-corrected chi connectivity index (χ2v) is 10.8. The van der Waals surface area contributed by atoms with Crippen LogP contribution in [0.15, 0.2) is 107 Å². The van der Waals surface area contributed by atoms with Crippen LogP contribution < -0.4 is 4.90 Å². The van der Waals surface area contributed by atoms with E-state index in [-0.39, 0.29) is 17.5 Å². The zero-order valence-electron chi connectivity index (χ0n) is 19.8. The molecule has 0 aromatic heterocycles. The Balaban J connectivity index is 1.43. The number of imide groups is 1. The number of carbonyl (C=O) groups is 4. The van der Waals surface area contributed by atoms with Gasteiger partial charge in [0.15, 0.2) is 11.6 Å². The molecule has 38 heavy (non-hydrogen) atoms. The van der Waals surface area contributed by atoms with E-state index < -0.39 is 29.8 Å². The highest BCUT2D eigenvalue weighted by Crippen LogP contribution is 2.47. The standard InChI is InChI=1S/C30H20BrClN2O4/c31-20-8-12-22(13-9-20)34-29(37)24-23-16-19(27(35)17-4-2-1-3-5-17)14-15-33(23)26(25(24)30(34)38)28(36)18-6-10-21(32)11-7-18/h1-16,23-26H. The number of ketones is 2. The van der Waals surface area contributed by atoms with Crippen LogP contribution in [0.2, 0.25) is 5.02 Å². The molecule has 2 amide bonds. The van der Waals surface area contributed by atoms with Crippen molar-refractivity contribution in [2.45, 2.75) is 12.1 Å². The van der Waals surface area contributed by atoms with Crippen LogP contribution in [0, 0.1) is 11.8 Å². The van der Waals surface area contributed by atoms with Gasteiger partial charge in [-0.05, 0) is 54.6 Å². The van der Waals surface area contributed by atoms with Gasteiger partial charge in [-0.1, -0.05) is 63.9 Å². The molecule has 188 valence electrons. The summed E-state index contributed by atoms with van der Waals surface area (Å²) in [5, 5.41) is 0.488. The molecule has 3 aliphatic rings. The monoisotopic (exact) mass is 586 g/mol. The van der Waals surface area contributed by atoms with E-state index in [4.69, 9.17) is 11.6 Å². The van der Waals surface area contributed by atoms with E-state index in [2.05, 4.69) is 15.9 Å². The van der Waals surface area contributed by atoms with Crippen molar-refractivity contribution in [2.24, 2.45) is 11.8 Å². The average molecular weight is 588 g/mol. The van der Waals surface area contributed by atoms with Gasteiger partial charge >= 0.3 is 0 Å². The number of rotatable bonds is 5. The number of hydrogen-bond acceptors (Lipinski definition) is 5. The molecule has 0 saturated carbocycles. The zero-order chi connectivity index (χ0) is 26.6. The first kappa shape index (κ1) is 24.5.